The van der Waals surface area contributed by atoms with Crippen LogP contribution in [-0.4, -0.2) is 40.7 Å². The van der Waals surface area contributed by atoms with E-state index < -0.39 is 0 Å². The minimum atomic E-state index is 0.0997. The van der Waals surface area contributed by atoms with Crippen molar-refractivity contribution in [1.82, 2.24) is 9.96 Å². The predicted octanol–water partition coefficient (Wildman–Crippen LogP) is 6.85. The lowest BCUT2D eigenvalue weighted by Crippen LogP contribution is -2.58. The maximum absolute atomic E-state index is 6.58. The zero-order valence-corrected chi connectivity index (χ0v) is 19.9. The molecule has 3 nitrogen and oxygen atoms in total. The molecular weight excluding hydrogens is 344 g/mol. The topological polar surface area (TPSA) is 15.7 Å². The Bertz CT molecular complexity index is 501. The zero-order chi connectivity index (χ0) is 21.2. The number of hydrogen-bond acceptors (Lipinski definition) is 3. The molecule has 162 valence electrons. The summed E-state index contributed by atoms with van der Waals surface area (Å²) >= 11 is 0. The molecule has 2 rings (SSSR count). The lowest BCUT2D eigenvalue weighted by molar-refractivity contribution is -0.308. The molecule has 0 radical (unpaired) electrons. The van der Waals surface area contributed by atoms with Crippen LogP contribution in [0.15, 0.2) is 30.3 Å². The first kappa shape index (κ1) is 25.1. The van der Waals surface area contributed by atoms with E-state index in [1.807, 2.05) is 0 Å². The van der Waals surface area contributed by atoms with Crippen molar-refractivity contribution >= 4 is 0 Å². The summed E-state index contributed by atoms with van der Waals surface area (Å²) in [6.07, 6.45) is 6.03. The van der Waals surface area contributed by atoms with Crippen molar-refractivity contribution in [2.75, 3.05) is 19.6 Å². The van der Waals surface area contributed by atoms with Crippen LogP contribution in [0.25, 0.3) is 0 Å². The minimum absolute atomic E-state index is 0.0997. The SMILES string of the molecule is CCCC(ON1C(C)(C)CCCC1(C)C)c1ccccc1.CCN(CC)CC. The van der Waals surface area contributed by atoms with Crippen LogP contribution in [-0.2, 0) is 4.84 Å². The van der Waals surface area contributed by atoms with Crippen LogP contribution in [0.2, 0.25) is 0 Å². The average Bonchev–Trinajstić information content (AvgIpc) is 2.66. The fourth-order valence-electron chi connectivity index (χ4n) is 4.27. The monoisotopic (exact) mass is 390 g/mol. The van der Waals surface area contributed by atoms with Gasteiger partial charge in [0.15, 0.2) is 0 Å². The van der Waals surface area contributed by atoms with Crippen LogP contribution >= 0.6 is 0 Å². The summed E-state index contributed by atoms with van der Waals surface area (Å²) in [4.78, 5) is 8.96. The molecule has 1 fully saturated rings. The van der Waals surface area contributed by atoms with Crippen molar-refractivity contribution in [2.45, 2.75) is 105 Å². The van der Waals surface area contributed by atoms with E-state index in [0.717, 1.165) is 12.8 Å². The molecule has 0 spiro atoms. The van der Waals surface area contributed by atoms with Crippen molar-refractivity contribution in [3.05, 3.63) is 35.9 Å². The fraction of sp³-hybridized carbons (Fsp3) is 0.760. The molecule has 1 unspecified atom stereocenters. The molecule has 1 aromatic rings. The van der Waals surface area contributed by atoms with Gasteiger partial charge in [-0.1, -0.05) is 64.4 Å². The first-order valence-corrected chi connectivity index (χ1v) is 11.5. The molecule has 0 aromatic heterocycles. The predicted molar refractivity (Wildman–Crippen MR) is 122 cm³/mol. The molecule has 1 aromatic carbocycles. The van der Waals surface area contributed by atoms with E-state index in [-0.39, 0.29) is 17.2 Å². The van der Waals surface area contributed by atoms with Crippen LogP contribution in [0.5, 0.6) is 0 Å². The summed E-state index contributed by atoms with van der Waals surface area (Å²) in [6.45, 7) is 21.6. The van der Waals surface area contributed by atoms with Crippen molar-refractivity contribution in [1.29, 1.82) is 0 Å². The maximum atomic E-state index is 6.58. The Morgan fingerprint density at radius 2 is 1.39 bits per heavy atom. The van der Waals surface area contributed by atoms with Gasteiger partial charge in [-0.3, -0.25) is 4.84 Å². The van der Waals surface area contributed by atoms with Gasteiger partial charge in [-0.25, -0.2) is 0 Å². The number of hydroxylamine groups is 2. The molecular formula is C25H46N2O. The van der Waals surface area contributed by atoms with E-state index in [0.29, 0.717) is 0 Å². The molecule has 0 amide bonds. The first-order chi connectivity index (χ1) is 13.2. The van der Waals surface area contributed by atoms with Gasteiger partial charge in [0.1, 0.15) is 6.10 Å². The first-order valence-electron chi connectivity index (χ1n) is 11.5. The molecule has 1 saturated heterocycles. The molecule has 0 bridgehead atoms. The van der Waals surface area contributed by atoms with Crippen molar-refractivity contribution in [3.63, 3.8) is 0 Å². The van der Waals surface area contributed by atoms with Crippen LogP contribution in [0.3, 0.4) is 0 Å². The Hall–Kier alpha value is -0.900. The summed E-state index contributed by atoms with van der Waals surface area (Å²) in [7, 11) is 0. The van der Waals surface area contributed by atoms with E-state index in [2.05, 4.69) is 95.7 Å². The van der Waals surface area contributed by atoms with E-state index in [1.54, 1.807) is 0 Å². The Labute approximate surface area is 175 Å². The Morgan fingerprint density at radius 1 is 0.893 bits per heavy atom. The van der Waals surface area contributed by atoms with Crippen LogP contribution in [0, 0.1) is 0 Å². The number of hydrogen-bond donors (Lipinski definition) is 0. The molecule has 1 heterocycles. The Balaban J connectivity index is 0.000000480. The van der Waals surface area contributed by atoms with Crippen molar-refractivity contribution in [2.24, 2.45) is 0 Å². The Kier molecular flexibility index (Phi) is 10.7. The lowest BCUT2D eigenvalue weighted by atomic mass is 9.82. The zero-order valence-electron chi connectivity index (χ0n) is 19.9. The summed E-state index contributed by atoms with van der Waals surface area (Å²) in [5, 5.41) is 2.29. The molecule has 0 aliphatic carbocycles. The third-order valence-corrected chi connectivity index (χ3v) is 5.97. The second-order valence-electron chi connectivity index (χ2n) is 9.19. The lowest BCUT2D eigenvalue weighted by Gasteiger charge is -2.52. The summed E-state index contributed by atoms with van der Waals surface area (Å²) in [5.41, 5.74) is 1.49. The van der Waals surface area contributed by atoms with Gasteiger partial charge in [0.25, 0.3) is 0 Å². The highest BCUT2D eigenvalue weighted by molar-refractivity contribution is 5.17. The summed E-state index contributed by atoms with van der Waals surface area (Å²) < 4.78 is 0. The maximum Gasteiger partial charge on any atom is 0.104 e. The van der Waals surface area contributed by atoms with Gasteiger partial charge < -0.3 is 4.90 Å². The third kappa shape index (κ3) is 7.50. The van der Waals surface area contributed by atoms with Crippen molar-refractivity contribution < 1.29 is 4.84 Å². The largest absolute Gasteiger partial charge is 0.304 e. The van der Waals surface area contributed by atoms with E-state index in [4.69, 9.17) is 4.84 Å². The number of benzene rings is 1. The molecule has 0 N–H and O–H groups in total. The summed E-state index contributed by atoms with van der Waals surface area (Å²) in [6, 6.07) is 10.7. The standard InChI is InChI=1S/C19H31NO.C6H15N/c1-6-11-17(16-12-8-7-9-13-16)21-20-18(2,3)14-10-15-19(20,4)5;1-4-7(5-2)6-3/h7-9,12-13,17H,6,10-11,14-15H2,1-5H3;4-6H2,1-3H3. The third-order valence-electron chi connectivity index (χ3n) is 5.97. The molecule has 3 heteroatoms. The van der Waals surface area contributed by atoms with Crippen LogP contribution in [0.1, 0.15) is 99.2 Å². The molecule has 1 aliphatic rings. The van der Waals surface area contributed by atoms with Gasteiger partial charge in [0, 0.05) is 11.1 Å². The smallest absolute Gasteiger partial charge is 0.104 e. The average molecular weight is 391 g/mol. The van der Waals surface area contributed by atoms with Crippen LogP contribution in [0.4, 0.5) is 0 Å². The van der Waals surface area contributed by atoms with E-state index >= 15 is 0 Å². The molecule has 0 saturated carbocycles. The molecule has 28 heavy (non-hydrogen) atoms. The molecule has 1 atom stereocenters. The summed E-state index contributed by atoms with van der Waals surface area (Å²) in [5.74, 6) is 0. The number of nitrogens with zero attached hydrogens (tertiary/aromatic N) is 2. The normalized spacial score (nSPS) is 19.8. The second-order valence-corrected chi connectivity index (χ2v) is 9.19. The van der Waals surface area contributed by atoms with Gasteiger partial charge in [-0.15, -0.1) is 0 Å². The highest BCUT2D eigenvalue weighted by Gasteiger charge is 2.43. The van der Waals surface area contributed by atoms with Gasteiger partial charge in [-0.05, 0) is 78.6 Å². The Morgan fingerprint density at radius 3 is 1.79 bits per heavy atom. The highest BCUT2D eigenvalue weighted by atomic mass is 16.7. The van der Waals surface area contributed by atoms with Gasteiger partial charge >= 0.3 is 0 Å². The second kappa shape index (κ2) is 11.9. The van der Waals surface area contributed by atoms with Gasteiger partial charge in [0.2, 0.25) is 0 Å². The minimum Gasteiger partial charge on any atom is -0.304 e. The number of rotatable bonds is 8. The fourth-order valence-corrected chi connectivity index (χ4v) is 4.27. The van der Waals surface area contributed by atoms with Gasteiger partial charge in [0.05, 0.1) is 0 Å². The quantitative estimate of drug-likeness (QED) is 0.482. The van der Waals surface area contributed by atoms with Gasteiger partial charge in [-0.2, -0.15) is 5.06 Å². The molecule has 1 aliphatic heterocycles. The van der Waals surface area contributed by atoms with E-state index in [1.165, 1.54) is 44.5 Å². The number of piperidine rings is 1. The van der Waals surface area contributed by atoms with Crippen molar-refractivity contribution in [3.8, 4) is 0 Å². The van der Waals surface area contributed by atoms with E-state index in [9.17, 15) is 0 Å². The highest BCUT2D eigenvalue weighted by Crippen LogP contribution is 2.41. The van der Waals surface area contributed by atoms with Crippen LogP contribution < -0.4 is 0 Å².